The predicted octanol–water partition coefficient (Wildman–Crippen LogP) is 4.97. The van der Waals surface area contributed by atoms with Crippen molar-refractivity contribution in [1.29, 1.82) is 0 Å². The van der Waals surface area contributed by atoms with Gasteiger partial charge in [-0.25, -0.2) is 0 Å². The van der Waals surface area contributed by atoms with E-state index in [9.17, 15) is 4.79 Å². The lowest BCUT2D eigenvalue weighted by atomic mass is 9.69. The van der Waals surface area contributed by atoms with Gasteiger partial charge in [-0.2, -0.15) is 10.1 Å². The Bertz CT molecular complexity index is 1130. The fourth-order valence-corrected chi connectivity index (χ4v) is 5.34. The molecule has 1 aliphatic carbocycles. The van der Waals surface area contributed by atoms with Gasteiger partial charge in [-0.3, -0.25) is 9.48 Å². The molecular formula is C26H35N5O3. The van der Waals surface area contributed by atoms with Crippen LogP contribution in [0.1, 0.15) is 77.1 Å². The standard InChI is InChI=1S/C24H29N5O3.C2H6/c1-24(8-2-9-24)23(30)28-10-5-16(6-11-28)21-26-22(32-27-21)17-3-4-18-14-25-29(20(18)13-17)19-7-12-31-15-19;1-2/h3-4,13-14,16,19H,2,5-12,15H2,1H3;1-2H3/t19-;/m0./s1. The Morgan fingerprint density at radius 3 is 2.62 bits per heavy atom. The third kappa shape index (κ3) is 4.13. The summed E-state index contributed by atoms with van der Waals surface area (Å²) in [6.45, 7) is 9.14. The molecule has 2 aromatic heterocycles. The average molecular weight is 466 g/mol. The minimum atomic E-state index is -0.123. The van der Waals surface area contributed by atoms with Crippen molar-refractivity contribution < 1.29 is 14.1 Å². The van der Waals surface area contributed by atoms with Crippen LogP contribution in [0.15, 0.2) is 28.9 Å². The quantitative estimate of drug-likeness (QED) is 0.541. The predicted molar refractivity (Wildman–Crippen MR) is 129 cm³/mol. The van der Waals surface area contributed by atoms with E-state index >= 15 is 0 Å². The van der Waals surface area contributed by atoms with Crippen LogP contribution in [0.5, 0.6) is 0 Å². The highest BCUT2D eigenvalue weighted by Gasteiger charge is 2.42. The summed E-state index contributed by atoms with van der Waals surface area (Å²) in [6.07, 6.45) is 7.86. The molecule has 0 N–H and O–H groups in total. The van der Waals surface area contributed by atoms with Crippen LogP contribution in [0.2, 0.25) is 0 Å². The van der Waals surface area contributed by atoms with Crippen molar-refractivity contribution in [2.24, 2.45) is 5.41 Å². The van der Waals surface area contributed by atoms with Crippen molar-refractivity contribution >= 4 is 16.8 Å². The van der Waals surface area contributed by atoms with Crippen LogP contribution in [0.4, 0.5) is 0 Å². The van der Waals surface area contributed by atoms with Crippen LogP contribution in [0.25, 0.3) is 22.4 Å². The van der Waals surface area contributed by atoms with Gasteiger partial charge in [-0.15, -0.1) is 0 Å². The number of hydrogen-bond acceptors (Lipinski definition) is 6. The molecule has 0 spiro atoms. The highest BCUT2D eigenvalue weighted by molar-refractivity contribution is 5.84. The summed E-state index contributed by atoms with van der Waals surface area (Å²) in [7, 11) is 0. The molecule has 6 rings (SSSR count). The molecule has 34 heavy (non-hydrogen) atoms. The molecule has 1 amide bonds. The molecule has 182 valence electrons. The van der Waals surface area contributed by atoms with Crippen molar-refractivity contribution in [3.63, 3.8) is 0 Å². The minimum absolute atomic E-state index is 0.123. The molecule has 0 bridgehead atoms. The second kappa shape index (κ2) is 9.49. The summed E-state index contributed by atoms with van der Waals surface area (Å²) in [5.74, 6) is 1.85. The van der Waals surface area contributed by atoms with E-state index in [-0.39, 0.29) is 17.4 Å². The second-order valence-corrected chi connectivity index (χ2v) is 9.82. The number of rotatable bonds is 4. The van der Waals surface area contributed by atoms with Crippen molar-refractivity contribution in [2.75, 3.05) is 26.3 Å². The van der Waals surface area contributed by atoms with Gasteiger partial charge in [0.15, 0.2) is 5.82 Å². The summed E-state index contributed by atoms with van der Waals surface area (Å²) >= 11 is 0. The molecule has 3 aliphatic rings. The van der Waals surface area contributed by atoms with Gasteiger partial charge in [0.25, 0.3) is 5.89 Å². The van der Waals surface area contributed by atoms with E-state index in [1.165, 1.54) is 6.42 Å². The van der Waals surface area contributed by atoms with Gasteiger partial charge < -0.3 is 14.2 Å². The zero-order chi connectivity index (χ0) is 23.7. The molecule has 2 aliphatic heterocycles. The zero-order valence-corrected chi connectivity index (χ0v) is 20.5. The van der Waals surface area contributed by atoms with E-state index < -0.39 is 0 Å². The lowest BCUT2D eigenvalue weighted by Gasteiger charge is -2.42. The Balaban J connectivity index is 0.00000117. The molecule has 3 fully saturated rings. The Labute approximate surface area is 200 Å². The van der Waals surface area contributed by atoms with Gasteiger partial charge in [0, 0.05) is 42.0 Å². The smallest absolute Gasteiger partial charge is 0.258 e. The number of benzene rings is 1. The number of carbonyl (C=O) groups is 1. The number of fused-ring (bicyclic) bond motifs is 1. The number of hydrogen-bond donors (Lipinski definition) is 0. The lowest BCUT2D eigenvalue weighted by Crippen LogP contribution is -2.48. The van der Waals surface area contributed by atoms with Crippen LogP contribution in [0.3, 0.4) is 0 Å². The SMILES string of the molecule is CC.CC1(C(=O)N2CCC(c3noc(-c4ccc5cnn([C@H]6CCOC6)c5c4)n3)CC2)CCC1. The first-order chi connectivity index (χ1) is 16.6. The maximum Gasteiger partial charge on any atom is 0.258 e. The van der Waals surface area contributed by atoms with Gasteiger partial charge in [-0.05, 0) is 44.2 Å². The fourth-order valence-electron chi connectivity index (χ4n) is 5.34. The maximum atomic E-state index is 12.8. The van der Waals surface area contributed by atoms with Crippen molar-refractivity contribution in [3.05, 3.63) is 30.2 Å². The van der Waals surface area contributed by atoms with Gasteiger partial charge in [-0.1, -0.05) is 38.4 Å². The van der Waals surface area contributed by atoms with Crippen molar-refractivity contribution in [2.45, 2.75) is 71.3 Å². The number of aromatic nitrogens is 4. The molecule has 3 aromatic rings. The highest BCUT2D eigenvalue weighted by atomic mass is 16.5. The topological polar surface area (TPSA) is 86.3 Å². The van der Waals surface area contributed by atoms with Crippen LogP contribution in [-0.2, 0) is 9.53 Å². The number of piperidine rings is 1. The average Bonchev–Trinajstić information content (AvgIpc) is 3.63. The number of carbonyl (C=O) groups excluding carboxylic acids is 1. The molecule has 4 heterocycles. The van der Waals surface area contributed by atoms with E-state index in [4.69, 9.17) is 14.2 Å². The first-order valence-corrected chi connectivity index (χ1v) is 12.8. The van der Waals surface area contributed by atoms with E-state index in [0.717, 1.165) is 74.1 Å². The third-order valence-corrected chi connectivity index (χ3v) is 7.66. The van der Waals surface area contributed by atoms with Crippen LogP contribution in [0, 0.1) is 5.41 Å². The molecule has 1 saturated carbocycles. The maximum absolute atomic E-state index is 12.8. The summed E-state index contributed by atoms with van der Waals surface area (Å²) in [4.78, 5) is 19.6. The van der Waals surface area contributed by atoms with E-state index in [2.05, 4.69) is 34.0 Å². The molecule has 2 saturated heterocycles. The summed E-state index contributed by atoms with van der Waals surface area (Å²) in [5, 5.41) is 9.97. The van der Waals surface area contributed by atoms with Gasteiger partial charge in [0.2, 0.25) is 5.91 Å². The number of ether oxygens (including phenoxy) is 1. The highest BCUT2D eigenvalue weighted by Crippen LogP contribution is 2.43. The lowest BCUT2D eigenvalue weighted by molar-refractivity contribution is -0.147. The van der Waals surface area contributed by atoms with Crippen molar-refractivity contribution in [3.8, 4) is 11.5 Å². The normalized spacial score (nSPS) is 22.3. The minimum Gasteiger partial charge on any atom is -0.379 e. The van der Waals surface area contributed by atoms with Gasteiger partial charge in [0.05, 0.1) is 24.4 Å². The van der Waals surface area contributed by atoms with Crippen molar-refractivity contribution in [1.82, 2.24) is 24.8 Å². The van der Waals surface area contributed by atoms with Crippen LogP contribution >= 0.6 is 0 Å². The largest absolute Gasteiger partial charge is 0.379 e. The summed E-state index contributed by atoms with van der Waals surface area (Å²) in [6, 6.07) is 6.42. The Morgan fingerprint density at radius 1 is 1.15 bits per heavy atom. The summed E-state index contributed by atoms with van der Waals surface area (Å²) in [5.41, 5.74) is 1.85. The second-order valence-electron chi connectivity index (χ2n) is 9.82. The molecule has 8 nitrogen and oxygen atoms in total. The number of likely N-dealkylation sites (tertiary alicyclic amines) is 1. The molecular weight excluding hydrogens is 430 g/mol. The number of amides is 1. The Morgan fingerprint density at radius 2 is 1.94 bits per heavy atom. The van der Waals surface area contributed by atoms with E-state index in [0.29, 0.717) is 18.4 Å². The molecule has 8 heteroatoms. The molecule has 1 atom stereocenters. The summed E-state index contributed by atoms with van der Waals surface area (Å²) < 4.78 is 13.2. The van der Waals surface area contributed by atoms with Crippen LogP contribution < -0.4 is 0 Å². The fraction of sp³-hybridized carbons (Fsp3) is 0.615. The Hall–Kier alpha value is -2.74. The molecule has 0 unspecified atom stereocenters. The monoisotopic (exact) mass is 465 g/mol. The zero-order valence-electron chi connectivity index (χ0n) is 20.5. The molecule has 1 aromatic carbocycles. The Kier molecular flexibility index (Phi) is 6.42. The first kappa shape index (κ1) is 23.0. The van der Waals surface area contributed by atoms with Crippen LogP contribution in [-0.4, -0.2) is 57.0 Å². The van der Waals surface area contributed by atoms with Gasteiger partial charge in [0.1, 0.15) is 0 Å². The third-order valence-electron chi connectivity index (χ3n) is 7.66. The van der Waals surface area contributed by atoms with Gasteiger partial charge >= 0.3 is 0 Å². The van der Waals surface area contributed by atoms with E-state index in [1.807, 2.05) is 31.0 Å². The van der Waals surface area contributed by atoms with E-state index in [1.54, 1.807) is 0 Å². The number of nitrogens with zero attached hydrogens (tertiary/aromatic N) is 5. The molecule has 0 radical (unpaired) electrons. The first-order valence-electron chi connectivity index (χ1n) is 12.8.